The third-order valence-electron chi connectivity index (χ3n) is 4.09. The molecule has 2 aliphatic rings. The first kappa shape index (κ1) is 12.4. The van der Waals surface area contributed by atoms with Gasteiger partial charge in [-0.05, 0) is 25.0 Å². The van der Waals surface area contributed by atoms with Gasteiger partial charge in [-0.2, -0.15) is 0 Å². The van der Waals surface area contributed by atoms with Gasteiger partial charge in [-0.3, -0.25) is 0 Å². The first-order valence-electron chi connectivity index (χ1n) is 6.61. The molecule has 2 fully saturated rings. The van der Waals surface area contributed by atoms with Crippen molar-refractivity contribution in [3.8, 4) is 0 Å². The van der Waals surface area contributed by atoms with Crippen LogP contribution in [0.25, 0.3) is 0 Å². The van der Waals surface area contributed by atoms with Crippen LogP contribution < -0.4 is 4.90 Å². The van der Waals surface area contributed by atoms with Gasteiger partial charge in [0.25, 0.3) is 0 Å². The number of hydrogen-bond acceptors (Lipinski definition) is 5. The summed E-state index contributed by atoms with van der Waals surface area (Å²) < 4.78 is 10.0. The Kier molecular flexibility index (Phi) is 3.14. The van der Waals surface area contributed by atoms with Crippen molar-refractivity contribution in [2.24, 2.45) is 5.41 Å². The molecule has 1 spiro atoms. The minimum atomic E-state index is -0.386. The maximum atomic E-state index is 11.5. The number of esters is 1. The van der Waals surface area contributed by atoms with Gasteiger partial charge in [-0.1, -0.05) is 6.07 Å². The Hall–Kier alpha value is -1.62. The summed E-state index contributed by atoms with van der Waals surface area (Å²) in [6.07, 6.45) is 2.27. The zero-order valence-electron chi connectivity index (χ0n) is 11.1. The highest BCUT2D eigenvalue weighted by Crippen LogP contribution is 2.39. The third kappa shape index (κ3) is 2.30. The molecule has 102 valence electrons. The molecule has 0 amide bonds. The summed E-state index contributed by atoms with van der Waals surface area (Å²) in [6, 6.07) is 5.48. The summed E-state index contributed by atoms with van der Waals surface area (Å²) >= 11 is 0. The molecule has 0 bridgehead atoms. The molecule has 0 unspecified atom stereocenters. The molecule has 0 aromatic carbocycles. The molecule has 19 heavy (non-hydrogen) atoms. The normalized spacial score (nSPS) is 21.0. The van der Waals surface area contributed by atoms with E-state index in [9.17, 15) is 4.79 Å². The van der Waals surface area contributed by atoms with Gasteiger partial charge in [0.2, 0.25) is 0 Å². The van der Waals surface area contributed by atoms with Crippen LogP contribution >= 0.6 is 0 Å². The average molecular weight is 262 g/mol. The molecular weight excluding hydrogens is 244 g/mol. The topological polar surface area (TPSA) is 51.7 Å². The summed E-state index contributed by atoms with van der Waals surface area (Å²) in [5.41, 5.74) is 0.781. The smallest absolute Gasteiger partial charge is 0.356 e. The predicted octanol–water partition coefficient (Wildman–Crippen LogP) is 1.48. The largest absolute Gasteiger partial charge is 0.464 e. The number of rotatable bonds is 2. The maximum Gasteiger partial charge on any atom is 0.356 e. The molecule has 5 heteroatoms. The highest BCUT2D eigenvalue weighted by Gasteiger charge is 2.41. The van der Waals surface area contributed by atoms with Gasteiger partial charge in [0.1, 0.15) is 5.82 Å². The standard InChI is InChI=1S/C14H18N2O3/c1-18-13(17)11-3-2-4-12(15-11)16-7-5-14(6-8-16)9-19-10-14/h2-4H,5-10H2,1H3. The number of piperidine rings is 1. The van der Waals surface area contributed by atoms with Crippen molar-refractivity contribution in [2.75, 3.05) is 38.3 Å². The predicted molar refractivity (Wildman–Crippen MR) is 70.3 cm³/mol. The Bertz CT molecular complexity index is 475. The highest BCUT2D eigenvalue weighted by atomic mass is 16.5. The van der Waals surface area contributed by atoms with Crippen LogP contribution in [0.3, 0.4) is 0 Å². The Morgan fingerprint density at radius 2 is 2.11 bits per heavy atom. The second kappa shape index (κ2) is 4.81. The Labute approximate surface area is 112 Å². The number of pyridine rings is 1. The number of nitrogens with zero attached hydrogens (tertiary/aromatic N) is 2. The molecule has 0 N–H and O–H groups in total. The van der Waals surface area contributed by atoms with Crippen LogP contribution in [0, 0.1) is 5.41 Å². The van der Waals surface area contributed by atoms with Crippen LogP contribution in [0.15, 0.2) is 18.2 Å². The van der Waals surface area contributed by atoms with Crippen LogP contribution in [0.4, 0.5) is 5.82 Å². The van der Waals surface area contributed by atoms with Crippen molar-refractivity contribution in [3.63, 3.8) is 0 Å². The molecule has 2 saturated heterocycles. The minimum absolute atomic E-state index is 0.368. The summed E-state index contributed by atoms with van der Waals surface area (Å²) in [4.78, 5) is 18.1. The Morgan fingerprint density at radius 1 is 1.37 bits per heavy atom. The first-order chi connectivity index (χ1) is 9.22. The van der Waals surface area contributed by atoms with E-state index in [2.05, 4.69) is 9.88 Å². The number of carbonyl (C=O) groups excluding carboxylic acids is 1. The van der Waals surface area contributed by atoms with Gasteiger partial charge in [-0.25, -0.2) is 9.78 Å². The fraction of sp³-hybridized carbons (Fsp3) is 0.571. The highest BCUT2D eigenvalue weighted by molar-refractivity contribution is 5.87. The third-order valence-corrected chi connectivity index (χ3v) is 4.09. The molecule has 0 aliphatic carbocycles. The van der Waals surface area contributed by atoms with Gasteiger partial charge in [0.05, 0.1) is 20.3 Å². The van der Waals surface area contributed by atoms with E-state index in [1.54, 1.807) is 6.07 Å². The monoisotopic (exact) mass is 262 g/mol. The lowest BCUT2D eigenvalue weighted by atomic mass is 9.77. The first-order valence-corrected chi connectivity index (χ1v) is 6.61. The molecule has 0 saturated carbocycles. The number of hydrogen-bond donors (Lipinski definition) is 0. The molecular formula is C14H18N2O3. The molecule has 5 nitrogen and oxygen atoms in total. The van der Waals surface area contributed by atoms with Gasteiger partial charge in [-0.15, -0.1) is 0 Å². The molecule has 0 atom stereocenters. The van der Waals surface area contributed by atoms with Gasteiger partial charge in [0, 0.05) is 18.5 Å². The summed E-state index contributed by atoms with van der Waals surface area (Å²) in [5.74, 6) is 0.473. The van der Waals surface area contributed by atoms with Crippen molar-refractivity contribution in [2.45, 2.75) is 12.8 Å². The Morgan fingerprint density at radius 3 is 2.68 bits per heavy atom. The molecule has 1 aromatic rings. The van der Waals surface area contributed by atoms with E-state index in [0.29, 0.717) is 11.1 Å². The molecule has 2 aliphatic heterocycles. The minimum Gasteiger partial charge on any atom is -0.464 e. The van der Waals surface area contributed by atoms with E-state index in [-0.39, 0.29) is 5.97 Å². The number of methoxy groups -OCH3 is 1. The van der Waals surface area contributed by atoms with Gasteiger partial charge in [0.15, 0.2) is 5.69 Å². The molecule has 0 radical (unpaired) electrons. The molecule has 1 aromatic heterocycles. The lowest BCUT2D eigenvalue weighted by Gasteiger charge is -2.47. The van der Waals surface area contributed by atoms with Gasteiger partial charge >= 0.3 is 5.97 Å². The number of aromatic nitrogens is 1. The van der Waals surface area contributed by atoms with Crippen molar-refractivity contribution in [1.29, 1.82) is 0 Å². The van der Waals surface area contributed by atoms with E-state index in [1.165, 1.54) is 7.11 Å². The fourth-order valence-corrected chi connectivity index (χ4v) is 2.71. The van der Waals surface area contributed by atoms with E-state index in [4.69, 9.17) is 9.47 Å². The van der Waals surface area contributed by atoms with Crippen molar-refractivity contribution >= 4 is 11.8 Å². The van der Waals surface area contributed by atoms with Crippen molar-refractivity contribution in [3.05, 3.63) is 23.9 Å². The summed E-state index contributed by atoms with van der Waals surface area (Å²) in [7, 11) is 1.37. The number of anilines is 1. The van der Waals surface area contributed by atoms with Crippen LogP contribution in [-0.4, -0.2) is 44.4 Å². The van der Waals surface area contributed by atoms with E-state index in [0.717, 1.165) is 45.0 Å². The van der Waals surface area contributed by atoms with E-state index in [1.807, 2.05) is 12.1 Å². The lowest BCUT2D eigenvalue weighted by Crippen LogP contribution is -2.51. The molecule has 3 rings (SSSR count). The summed E-state index contributed by atoms with van der Waals surface area (Å²) in [6.45, 7) is 3.74. The van der Waals surface area contributed by atoms with Crippen molar-refractivity contribution < 1.29 is 14.3 Å². The quantitative estimate of drug-likeness (QED) is 0.756. The SMILES string of the molecule is COC(=O)c1cccc(N2CCC3(CC2)COC3)n1. The van der Waals surface area contributed by atoms with Gasteiger partial charge < -0.3 is 14.4 Å². The van der Waals surface area contributed by atoms with E-state index < -0.39 is 0 Å². The van der Waals surface area contributed by atoms with Crippen LogP contribution in [0.5, 0.6) is 0 Å². The van der Waals surface area contributed by atoms with Crippen molar-refractivity contribution in [1.82, 2.24) is 4.98 Å². The number of ether oxygens (including phenoxy) is 2. The van der Waals surface area contributed by atoms with Crippen LogP contribution in [0.2, 0.25) is 0 Å². The molecule has 3 heterocycles. The average Bonchev–Trinajstić information content (AvgIpc) is 2.45. The van der Waals surface area contributed by atoms with Crippen LogP contribution in [-0.2, 0) is 9.47 Å². The summed E-state index contributed by atoms with van der Waals surface area (Å²) in [5, 5.41) is 0. The van der Waals surface area contributed by atoms with E-state index >= 15 is 0 Å². The second-order valence-electron chi connectivity index (χ2n) is 5.35. The second-order valence-corrected chi connectivity index (χ2v) is 5.35. The zero-order chi connectivity index (χ0) is 13.3. The zero-order valence-corrected chi connectivity index (χ0v) is 11.1. The fourth-order valence-electron chi connectivity index (χ4n) is 2.71. The van der Waals surface area contributed by atoms with Crippen LogP contribution in [0.1, 0.15) is 23.3 Å². The Balaban J connectivity index is 1.71. The maximum absolute atomic E-state index is 11.5. The number of carbonyl (C=O) groups is 1. The lowest BCUT2D eigenvalue weighted by molar-refractivity contribution is -0.124.